The minimum absolute atomic E-state index is 0.148. The van der Waals surface area contributed by atoms with Gasteiger partial charge in [0.25, 0.3) is 5.91 Å². The van der Waals surface area contributed by atoms with Crippen molar-refractivity contribution >= 4 is 28.8 Å². The van der Waals surface area contributed by atoms with Gasteiger partial charge >= 0.3 is 6.18 Å². The van der Waals surface area contributed by atoms with E-state index in [1.54, 1.807) is 35.2 Å². The maximum absolute atomic E-state index is 15.3. The lowest BCUT2D eigenvalue weighted by atomic mass is 9.87. The third-order valence-electron chi connectivity index (χ3n) is 6.70. The number of fused-ring (bicyclic) bond motifs is 1. The van der Waals surface area contributed by atoms with Crippen LogP contribution in [0.5, 0.6) is 11.5 Å². The largest absolute Gasteiger partial charge is 0.493 e. The number of halogens is 5. The Bertz CT molecular complexity index is 1530. The van der Waals surface area contributed by atoms with Crippen LogP contribution in [0.1, 0.15) is 38.0 Å². The molecular weight excluding hydrogens is 554 g/mol. The Kier molecular flexibility index (Phi) is 7.31. The first kappa shape index (κ1) is 27.0. The zero-order chi connectivity index (χ0) is 27.9. The van der Waals surface area contributed by atoms with E-state index in [1.165, 1.54) is 32.4 Å². The lowest BCUT2D eigenvalue weighted by Crippen LogP contribution is -2.40. The predicted molar refractivity (Wildman–Crippen MR) is 142 cm³/mol. The fourth-order valence-electron chi connectivity index (χ4n) is 4.85. The Morgan fingerprint density at radius 3 is 2.41 bits per heavy atom. The first-order chi connectivity index (χ1) is 18.6. The number of carbonyl (C=O) groups is 1. The average Bonchev–Trinajstić information content (AvgIpc) is 3.42. The average molecular weight is 576 g/mol. The zero-order valence-electron chi connectivity index (χ0n) is 20.8. The second-order valence-corrected chi connectivity index (χ2v) is 10.4. The molecule has 1 amide bonds. The summed E-state index contributed by atoms with van der Waals surface area (Å²) in [6.07, 6.45) is -4.01. The molecule has 0 radical (unpaired) electrons. The topological polar surface area (TPSA) is 38.8 Å². The van der Waals surface area contributed by atoms with Crippen molar-refractivity contribution in [3.8, 4) is 21.9 Å². The highest BCUT2D eigenvalue weighted by molar-refractivity contribution is 7.17. The molecule has 0 bridgehead atoms. The van der Waals surface area contributed by atoms with E-state index < -0.39 is 23.6 Å². The molecule has 0 saturated heterocycles. The zero-order valence-corrected chi connectivity index (χ0v) is 22.4. The highest BCUT2D eigenvalue weighted by Crippen LogP contribution is 2.44. The van der Waals surface area contributed by atoms with E-state index in [0.717, 1.165) is 29.0 Å². The fraction of sp³-hybridized carbons (Fsp3) is 0.207. The molecule has 4 nitrogen and oxygen atoms in total. The van der Waals surface area contributed by atoms with Gasteiger partial charge in [-0.3, -0.25) is 4.79 Å². The fourth-order valence-corrected chi connectivity index (χ4v) is 6.07. The van der Waals surface area contributed by atoms with Crippen LogP contribution in [0.3, 0.4) is 0 Å². The van der Waals surface area contributed by atoms with E-state index in [-0.39, 0.29) is 23.0 Å². The van der Waals surface area contributed by atoms with Crippen molar-refractivity contribution in [2.75, 3.05) is 20.8 Å². The number of hydrogen-bond acceptors (Lipinski definition) is 4. The van der Waals surface area contributed by atoms with Crippen LogP contribution < -0.4 is 9.47 Å². The smallest absolute Gasteiger partial charge is 0.416 e. The molecule has 4 aromatic rings. The molecule has 1 aliphatic rings. The van der Waals surface area contributed by atoms with E-state index in [1.807, 2.05) is 6.07 Å². The Balaban J connectivity index is 1.58. The summed E-state index contributed by atoms with van der Waals surface area (Å²) in [7, 11) is 3.01. The Hall–Kier alpha value is -3.56. The summed E-state index contributed by atoms with van der Waals surface area (Å²) in [5.41, 5.74) is 1.23. The standard InChI is InChI=1S/C29H22ClF4NO3S/c1-37-22-14-16-11-12-35(27(19(16)15-23(22)38-2)26-20(30)7-4-8-21(26)31)28(36)25-10-9-24(39-25)17-5-3-6-18(13-17)29(32,33)34/h3-10,13-15,27H,11-12H2,1-2H3. The normalized spacial score (nSPS) is 15.2. The van der Waals surface area contributed by atoms with Crippen LogP contribution in [0.4, 0.5) is 17.6 Å². The first-order valence-corrected chi connectivity index (χ1v) is 13.1. The first-order valence-electron chi connectivity index (χ1n) is 11.9. The van der Waals surface area contributed by atoms with Crippen LogP contribution in [-0.2, 0) is 12.6 Å². The second kappa shape index (κ2) is 10.5. The molecule has 39 heavy (non-hydrogen) atoms. The SMILES string of the molecule is COc1cc2c(cc1OC)C(c1c(F)cccc1Cl)N(C(=O)c1ccc(-c3cccc(C(F)(F)F)c3)s1)CC2. The molecule has 10 heteroatoms. The second-order valence-electron chi connectivity index (χ2n) is 8.93. The molecule has 0 aliphatic carbocycles. The van der Waals surface area contributed by atoms with Gasteiger partial charge in [-0.2, -0.15) is 13.2 Å². The Labute approximate surface area is 231 Å². The number of thiophene rings is 1. The lowest BCUT2D eigenvalue weighted by Gasteiger charge is -2.38. The van der Waals surface area contributed by atoms with Crippen molar-refractivity contribution in [1.29, 1.82) is 0 Å². The van der Waals surface area contributed by atoms with Gasteiger partial charge in [-0.1, -0.05) is 29.8 Å². The molecule has 2 heterocycles. The number of benzene rings is 3. The number of amides is 1. The molecule has 0 fully saturated rings. The van der Waals surface area contributed by atoms with E-state index in [4.69, 9.17) is 21.1 Å². The Morgan fingerprint density at radius 1 is 1.00 bits per heavy atom. The summed E-state index contributed by atoms with van der Waals surface area (Å²) < 4.78 is 65.9. The van der Waals surface area contributed by atoms with Crippen molar-refractivity contribution in [1.82, 2.24) is 4.90 Å². The van der Waals surface area contributed by atoms with E-state index in [9.17, 15) is 18.0 Å². The summed E-state index contributed by atoms with van der Waals surface area (Å²) in [5.74, 6) is -0.0175. The summed E-state index contributed by atoms with van der Waals surface area (Å²) >= 11 is 7.57. The maximum atomic E-state index is 15.3. The molecule has 0 spiro atoms. The summed E-state index contributed by atoms with van der Waals surface area (Å²) in [4.78, 5) is 16.3. The highest BCUT2D eigenvalue weighted by atomic mass is 35.5. The van der Waals surface area contributed by atoms with Crippen LogP contribution in [0.25, 0.3) is 10.4 Å². The third-order valence-corrected chi connectivity index (χ3v) is 8.15. The lowest BCUT2D eigenvalue weighted by molar-refractivity contribution is -0.137. The number of rotatable bonds is 5. The van der Waals surface area contributed by atoms with Crippen LogP contribution in [0.15, 0.2) is 66.7 Å². The third kappa shape index (κ3) is 5.08. The molecule has 1 aromatic heterocycles. The number of carbonyl (C=O) groups excluding carboxylic acids is 1. The van der Waals surface area contributed by atoms with E-state index in [0.29, 0.717) is 38.8 Å². The van der Waals surface area contributed by atoms with Crippen molar-refractivity contribution in [3.63, 3.8) is 0 Å². The molecule has 1 atom stereocenters. The molecule has 1 unspecified atom stereocenters. The van der Waals surface area contributed by atoms with Gasteiger partial charge in [0, 0.05) is 22.0 Å². The Morgan fingerprint density at radius 2 is 1.72 bits per heavy atom. The van der Waals surface area contributed by atoms with Gasteiger partial charge in [0.1, 0.15) is 5.82 Å². The number of alkyl halides is 3. The van der Waals surface area contributed by atoms with Gasteiger partial charge < -0.3 is 14.4 Å². The quantitative estimate of drug-likeness (QED) is 0.226. The van der Waals surface area contributed by atoms with Crippen molar-refractivity contribution in [2.45, 2.75) is 18.6 Å². The predicted octanol–water partition coefficient (Wildman–Crippen LogP) is 8.03. The van der Waals surface area contributed by atoms with Crippen molar-refractivity contribution < 1.29 is 31.8 Å². The van der Waals surface area contributed by atoms with Gasteiger partial charge in [0.15, 0.2) is 11.5 Å². The number of nitrogens with zero attached hydrogens (tertiary/aromatic N) is 1. The monoisotopic (exact) mass is 575 g/mol. The van der Waals surface area contributed by atoms with Gasteiger partial charge in [-0.05, 0) is 71.6 Å². The van der Waals surface area contributed by atoms with Crippen LogP contribution in [0.2, 0.25) is 5.02 Å². The van der Waals surface area contributed by atoms with Crippen molar-refractivity contribution in [2.24, 2.45) is 0 Å². The minimum atomic E-state index is -4.48. The minimum Gasteiger partial charge on any atom is -0.493 e. The summed E-state index contributed by atoms with van der Waals surface area (Å²) in [6, 6.07) is 15.2. The van der Waals surface area contributed by atoms with Gasteiger partial charge in [0.2, 0.25) is 0 Å². The summed E-state index contributed by atoms with van der Waals surface area (Å²) in [5, 5.41) is 0.163. The number of ether oxygens (including phenoxy) is 2. The van der Waals surface area contributed by atoms with Crippen molar-refractivity contribution in [3.05, 3.63) is 105 Å². The molecule has 5 rings (SSSR count). The molecule has 1 aliphatic heterocycles. The van der Waals surface area contributed by atoms with E-state index in [2.05, 4.69) is 0 Å². The highest BCUT2D eigenvalue weighted by Gasteiger charge is 2.37. The maximum Gasteiger partial charge on any atom is 0.416 e. The molecule has 3 aromatic carbocycles. The van der Waals surface area contributed by atoms with Crippen LogP contribution >= 0.6 is 22.9 Å². The molecule has 202 valence electrons. The van der Waals surface area contributed by atoms with E-state index >= 15 is 4.39 Å². The number of hydrogen-bond donors (Lipinski definition) is 0. The molecular formula is C29H22ClF4NO3S. The molecule has 0 saturated carbocycles. The van der Waals surface area contributed by atoms with Crippen LogP contribution in [-0.4, -0.2) is 31.6 Å². The van der Waals surface area contributed by atoms with Gasteiger partial charge in [0.05, 0.1) is 30.7 Å². The number of methoxy groups -OCH3 is 2. The van der Waals surface area contributed by atoms with Gasteiger partial charge in [-0.25, -0.2) is 4.39 Å². The summed E-state index contributed by atoms with van der Waals surface area (Å²) in [6.45, 7) is 0.257. The van der Waals surface area contributed by atoms with Gasteiger partial charge in [-0.15, -0.1) is 11.3 Å². The molecule has 0 N–H and O–H groups in total. The van der Waals surface area contributed by atoms with Crippen LogP contribution in [0, 0.1) is 5.82 Å².